The lowest BCUT2D eigenvalue weighted by Gasteiger charge is -2.08. The smallest absolute Gasteiger partial charge is 0.327 e. The van der Waals surface area contributed by atoms with E-state index >= 15 is 0 Å². The van der Waals surface area contributed by atoms with Crippen LogP contribution in [0.5, 0.6) is 0 Å². The summed E-state index contributed by atoms with van der Waals surface area (Å²) in [5.41, 5.74) is 0. The number of rotatable bonds is 2. The fourth-order valence-corrected chi connectivity index (χ4v) is 1.02. The quantitative estimate of drug-likeness (QED) is 0.645. The Morgan fingerprint density at radius 3 is 2.15 bits per heavy atom. The van der Waals surface area contributed by atoms with E-state index in [2.05, 4.69) is 5.32 Å². The van der Waals surface area contributed by atoms with E-state index in [4.69, 9.17) is 5.11 Å². The molecule has 1 saturated heterocycles. The van der Waals surface area contributed by atoms with Crippen molar-refractivity contribution in [3.05, 3.63) is 12.2 Å². The van der Waals surface area contributed by atoms with Crippen molar-refractivity contribution in [3.63, 3.8) is 0 Å². The highest BCUT2D eigenvalue weighted by Crippen LogP contribution is 1.96. The number of allylic oxidation sites excluding steroid dienone is 1. The molecular formula is C10H19NO2. The largest absolute Gasteiger partial charge is 0.478 e. The Kier molecular flexibility index (Phi) is 8.67. The summed E-state index contributed by atoms with van der Waals surface area (Å²) in [6, 6.07) is 0. The molecule has 0 aliphatic carbocycles. The summed E-state index contributed by atoms with van der Waals surface area (Å²) in [6.07, 6.45) is 7.74. The predicted molar refractivity (Wildman–Crippen MR) is 53.8 cm³/mol. The van der Waals surface area contributed by atoms with E-state index in [9.17, 15) is 4.79 Å². The number of carboxylic acid groups (broad SMARTS) is 1. The monoisotopic (exact) mass is 185 g/mol. The van der Waals surface area contributed by atoms with Crippen molar-refractivity contribution in [2.24, 2.45) is 0 Å². The van der Waals surface area contributed by atoms with Crippen molar-refractivity contribution in [3.8, 4) is 0 Å². The molecule has 3 nitrogen and oxygen atoms in total. The highest BCUT2D eigenvalue weighted by molar-refractivity contribution is 5.79. The van der Waals surface area contributed by atoms with Crippen LogP contribution in [-0.4, -0.2) is 24.2 Å². The number of hydrogen-bond acceptors (Lipinski definition) is 2. The van der Waals surface area contributed by atoms with E-state index in [1.165, 1.54) is 32.4 Å². The maximum absolute atomic E-state index is 9.67. The highest BCUT2D eigenvalue weighted by Gasteiger charge is 1.93. The summed E-state index contributed by atoms with van der Waals surface area (Å²) in [7, 11) is 0. The van der Waals surface area contributed by atoms with E-state index in [-0.39, 0.29) is 0 Å². The average molecular weight is 185 g/mol. The van der Waals surface area contributed by atoms with Crippen molar-refractivity contribution in [2.75, 3.05) is 13.1 Å². The lowest BCUT2D eigenvalue weighted by Crippen LogP contribution is -2.21. The lowest BCUT2D eigenvalue weighted by molar-refractivity contribution is -0.131. The second-order valence-corrected chi connectivity index (χ2v) is 2.96. The zero-order valence-corrected chi connectivity index (χ0v) is 8.25. The topological polar surface area (TPSA) is 49.3 Å². The zero-order valence-electron chi connectivity index (χ0n) is 8.25. The molecule has 76 valence electrons. The molecule has 0 saturated carbocycles. The van der Waals surface area contributed by atoms with Gasteiger partial charge in [-0.25, -0.2) is 4.79 Å². The first-order valence-electron chi connectivity index (χ1n) is 4.87. The number of aliphatic carboxylic acids is 1. The fourth-order valence-electron chi connectivity index (χ4n) is 1.02. The molecule has 1 heterocycles. The first-order chi connectivity index (χ1) is 6.27. The molecule has 1 aliphatic rings. The third-order valence-electron chi connectivity index (χ3n) is 1.70. The van der Waals surface area contributed by atoms with Crippen molar-refractivity contribution in [1.29, 1.82) is 0 Å². The van der Waals surface area contributed by atoms with E-state index < -0.39 is 5.97 Å². The standard InChI is InChI=1S/C5H11N.C5H8O2/c1-2-4-6-5-3-1;1-2-3-4-5(6)7/h6H,1-5H2;3-4H,2H2,1H3,(H,6,7). The van der Waals surface area contributed by atoms with E-state index in [1.54, 1.807) is 6.08 Å². The first-order valence-corrected chi connectivity index (χ1v) is 4.87. The Morgan fingerprint density at radius 1 is 1.38 bits per heavy atom. The number of hydrogen-bond donors (Lipinski definition) is 2. The molecule has 0 spiro atoms. The zero-order chi connectivity index (χ0) is 9.94. The van der Waals surface area contributed by atoms with Crippen LogP contribution in [0, 0.1) is 0 Å². The molecular weight excluding hydrogens is 166 g/mol. The van der Waals surface area contributed by atoms with Crippen molar-refractivity contribution >= 4 is 5.97 Å². The van der Waals surface area contributed by atoms with Gasteiger partial charge in [-0.1, -0.05) is 19.4 Å². The molecule has 2 N–H and O–H groups in total. The van der Waals surface area contributed by atoms with Crippen LogP contribution in [0.4, 0.5) is 0 Å². The molecule has 0 aromatic rings. The van der Waals surface area contributed by atoms with Gasteiger partial charge in [-0.15, -0.1) is 0 Å². The van der Waals surface area contributed by atoms with Gasteiger partial charge in [0.1, 0.15) is 0 Å². The molecule has 1 aliphatic heterocycles. The van der Waals surface area contributed by atoms with E-state index in [0.717, 1.165) is 12.5 Å². The molecule has 0 atom stereocenters. The SMILES string of the molecule is C1CCNCC1.CCC=CC(=O)O. The van der Waals surface area contributed by atoms with Gasteiger partial charge in [0, 0.05) is 6.08 Å². The van der Waals surface area contributed by atoms with Crippen molar-refractivity contribution < 1.29 is 9.90 Å². The Labute approximate surface area is 79.8 Å². The summed E-state index contributed by atoms with van der Waals surface area (Å²) in [6.45, 7) is 4.39. The van der Waals surface area contributed by atoms with Gasteiger partial charge in [0.2, 0.25) is 0 Å². The number of carboxylic acids is 1. The molecule has 3 heteroatoms. The van der Waals surface area contributed by atoms with Crippen molar-refractivity contribution in [2.45, 2.75) is 32.6 Å². The van der Waals surface area contributed by atoms with Crippen LogP contribution in [0.1, 0.15) is 32.6 Å². The summed E-state index contributed by atoms with van der Waals surface area (Å²) >= 11 is 0. The predicted octanol–water partition coefficient (Wildman–Crippen LogP) is 1.80. The van der Waals surface area contributed by atoms with Crippen LogP contribution in [0.25, 0.3) is 0 Å². The van der Waals surface area contributed by atoms with Gasteiger partial charge in [0.05, 0.1) is 0 Å². The Balaban J connectivity index is 0.000000223. The summed E-state index contributed by atoms with van der Waals surface area (Å²) in [5, 5.41) is 11.2. The Morgan fingerprint density at radius 2 is 2.00 bits per heavy atom. The van der Waals surface area contributed by atoms with Gasteiger partial charge in [-0.2, -0.15) is 0 Å². The molecule has 0 amide bonds. The number of piperidine rings is 1. The van der Waals surface area contributed by atoms with E-state index in [1.807, 2.05) is 6.92 Å². The minimum absolute atomic E-state index is 0.784. The van der Waals surface area contributed by atoms with Gasteiger partial charge in [-0.3, -0.25) is 0 Å². The van der Waals surface area contributed by atoms with Crippen LogP contribution in [0.15, 0.2) is 12.2 Å². The van der Waals surface area contributed by atoms with Gasteiger partial charge >= 0.3 is 5.97 Å². The second kappa shape index (κ2) is 9.26. The lowest BCUT2D eigenvalue weighted by atomic mass is 10.2. The highest BCUT2D eigenvalue weighted by atomic mass is 16.4. The van der Waals surface area contributed by atoms with Gasteiger partial charge in [-0.05, 0) is 32.4 Å². The maximum Gasteiger partial charge on any atom is 0.327 e. The second-order valence-electron chi connectivity index (χ2n) is 2.96. The maximum atomic E-state index is 9.67. The Hall–Kier alpha value is -0.830. The minimum atomic E-state index is -0.873. The molecule has 0 unspecified atom stereocenters. The van der Waals surface area contributed by atoms with Gasteiger partial charge in [0.25, 0.3) is 0 Å². The molecule has 0 aromatic heterocycles. The number of nitrogens with one attached hydrogen (secondary N) is 1. The van der Waals surface area contributed by atoms with Crippen LogP contribution in [0.2, 0.25) is 0 Å². The summed E-state index contributed by atoms with van der Waals surface area (Å²) < 4.78 is 0. The first kappa shape index (κ1) is 12.2. The average Bonchev–Trinajstić information content (AvgIpc) is 2.18. The fraction of sp³-hybridized carbons (Fsp3) is 0.700. The summed E-state index contributed by atoms with van der Waals surface area (Å²) in [4.78, 5) is 9.67. The van der Waals surface area contributed by atoms with Gasteiger partial charge < -0.3 is 10.4 Å². The van der Waals surface area contributed by atoms with Crippen molar-refractivity contribution in [1.82, 2.24) is 5.32 Å². The Bertz CT molecular complexity index is 139. The molecule has 0 aromatic carbocycles. The van der Waals surface area contributed by atoms with Crippen LogP contribution in [-0.2, 0) is 4.79 Å². The molecule has 1 fully saturated rings. The van der Waals surface area contributed by atoms with Crippen LogP contribution in [0.3, 0.4) is 0 Å². The third kappa shape index (κ3) is 11.2. The number of carbonyl (C=O) groups is 1. The third-order valence-corrected chi connectivity index (χ3v) is 1.70. The minimum Gasteiger partial charge on any atom is -0.478 e. The van der Waals surface area contributed by atoms with Crippen LogP contribution >= 0.6 is 0 Å². The van der Waals surface area contributed by atoms with E-state index in [0.29, 0.717) is 0 Å². The molecule has 0 bridgehead atoms. The van der Waals surface area contributed by atoms with Gasteiger partial charge in [0.15, 0.2) is 0 Å². The van der Waals surface area contributed by atoms with Crippen LogP contribution < -0.4 is 5.32 Å². The normalized spacial score (nSPS) is 16.4. The molecule has 0 radical (unpaired) electrons. The summed E-state index contributed by atoms with van der Waals surface area (Å²) in [5.74, 6) is -0.873. The molecule has 13 heavy (non-hydrogen) atoms. The molecule has 1 rings (SSSR count).